The number of carbonyl (C=O) groups excluding carboxylic acids is 1. The Bertz CT molecular complexity index is 324. The van der Waals surface area contributed by atoms with E-state index in [4.69, 9.17) is 16.3 Å². The Hall–Kier alpha value is -1.22. The van der Waals surface area contributed by atoms with E-state index < -0.39 is 0 Å². The van der Waals surface area contributed by atoms with E-state index in [2.05, 4.69) is 5.32 Å². The summed E-state index contributed by atoms with van der Waals surface area (Å²) in [6, 6.07) is 7.81. The number of ether oxygens (including phenoxy) is 1. The zero-order valence-electron chi connectivity index (χ0n) is 9.33. The molecule has 0 aliphatic heterocycles. The highest BCUT2D eigenvalue weighted by Gasteiger charge is 1.96. The van der Waals surface area contributed by atoms with E-state index >= 15 is 0 Å². The molecule has 1 aromatic rings. The molecule has 0 spiro atoms. The van der Waals surface area contributed by atoms with Crippen LogP contribution in [0.4, 0.5) is 0 Å². The first-order valence-electron chi connectivity index (χ1n) is 5.24. The smallest absolute Gasteiger partial charge is 0.216 e. The molecule has 0 fully saturated rings. The van der Waals surface area contributed by atoms with E-state index in [0.29, 0.717) is 19.0 Å². The van der Waals surface area contributed by atoms with Crippen LogP contribution in [0.15, 0.2) is 24.3 Å². The summed E-state index contributed by atoms with van der Waals surface area (Å²) in [4.78, 5) is 10.7. The predicted molar refractivity (Wildman–Crippen MR) is 65.0 cm³/mol. The highest BCUT2D eigenvalue weighted by atomic mass is 35.5. The second-order valence-corrected chi connectivity index (χ2v) is 3.79. The maximum absolute atomic E-state index is 10.7. The number of benzene rings is 1. The lowest BCUT2D eigenvalue weighted by Gasteiger charge is -2.06. The van der Waals surface area contributed by atoms with E-state index in [-0.39, 0.29) is 5.91 Å². The van der Waals surface area contributed by atoms with E-state index in [0.717, 1.165) is 12.2 Å². The van der Waals surface area contributed by atoms with Crippen molar-refractivity contribution in [3.8, 4) is 5.75 Å². The standard InChI is InChI=1S/C12H16ClNO2/c1-10(15)14-8-6-11-2-4-12(5-3-11)16-9-7-13/h2-5H,6-9H2,1H3,(H,14,15). The van der Waals surface area contributed by atoms with Gasteiger partial charge in [0.1, 0.15) is 12.4 Å². The van der Waals surface area contributed by atoms with Crippen molar-refractivity contribution >= 4 is 17.5 Å². The van der Waals surface area contributed by atoms with Crippen molar-refractivity contribution in [3.05, 3.63) is 29.8 Å². The third-order valence-electron chi connectivity index (χ3n) is 2.06. The van der Waals surface area contributed by atoms with E-state index in [1.165, 1.54) is 12.5 Å². The largest absolute Gasteiger partial charge is 0.492 e. The van der Waals surface area contributed by atoms with Crippen molar-refractivity contribution in [2.45, 2.75) is 13.3 Å². The quantitative estimate of drug-likeness (QED) is 0.774. The van der Waals surface area contributed by atoms with Gasteiger partial charge in [-0.05, 0) is 24.1 Å². The summed E-state index contributed by atoms with van der Waals surface area (Å²) in [5, 5.41) is 2.76. The van der Waals surface area contributed by atoms with E-state index in [9.17, 15) is 4.79 Å². The average molecular weight is 242 g/mol. The molecule has 0 aliphatic rings. The fraction of sp³-hybridized carbons (Fsp3) is 0.417. The number of hydrogen-bond donors (Lipinski definition) is 1. The third-order valence-corrected chi connectivity index (χ3v) is 2.21. The number of carbonyl (C=O) groups is 1. The summed E-state index contributed by atoms with van der Waals surface area (Å²) >= 11 is 5.52. The summed E-state index contributed by atoms with van der Waals surface area (Å²) in [6.45, 7) is 2.70. The van der Waals surface area contributed by atoms with Gasteiger partial charge in [0.05, 0.1) is 5.88 Å². The van der Waals surface area contributed by atoms with Gasteiger partial charge in [0.2, 0.25) is 5.91 Å². The molecule has 1 N–H and O–H groups in total. The van der Waals surface area contributed by atoms with Crippen molar-refractivity contribution in [3.63, 3.8) is 0 Å². The van der Waals surface area contributed by atoms with Crippen LogP contribution in [0.3, 0.4) is 0 Å². The van der Waals surface area contributed by atoms with Gasteiger partial charge in [-0.25, -0.2) is 0 Å². The molecule has 0 saturated carbocycles. The molecule has 88 valence electrons. The zero-order valence-corrected chi connectivity index (χ0v) is 10.1. The van der Waals surface area contributed by atoms with Gasteiger partial charge in [-0.3, -0.25) is 4.79 Å². The minimum Gasteiger partial charge on any atom is -0.492 e. The normalized spacial score (nSPS) is 9.88. The first-order valence-corrected chi connectivity index (χ1v) is 5.78. The highest BCUT2D eigenvalue weighted by Crippen LogP contribution is 2.12. The van der Waals surface area contributed by atoms with Crippen LogP contribution in [-0.2, 0) is 11.2 Å². The van der Waals surface area contributed by atoms with Gasteiger partial charge < -0.3 is 10.1 Å². The lowest BCUT2D eigenvalue weighted by Crippen LogP contribution is -2.22. The Labute approximate surface area is 101 Å². The number of rotatable bonds is 6. The summed E-state index contributed by atoms with van der Waals surface area (Å²) in [5.74, 6) is 1.32. The van der Waals surface area contributed by atoms with Crippen LogP contribution in [0.5, 0.6) is 5.75 Å². The number of amides is 1. The maximum atomic E-state index is 10.7. The lowest BCUT2D eigenvalue weighted by atomic mass is 10.1. The van der Waals surface area contributed by atoms with Crippen LogP contribution < -0.4 is 10.1 Å². The van der Waals surface area contributed by atoms with Crippen molar-refractivity contribution < 1.29 is 9.53 Å². The van der Waals surface area contributed by atoms with Crippen LogP contribution in [0.2, 0.25) is 0 Å². The van der Waals surface area contributed by atoms with E-state index in [1.807, 2.05) is 24.3 Å². The molecule has 1 aromatic carbocycles. The van der Waals surface area contributed by atoms with Crippen molar-refractivity contribution in [1.29, 1.82) is 0 Å². The summed E-state index contributed by atoms with van der Waals surface area (Å²) in [7, 11) is 0. The molecule has 0 aliphatic carbocycles. The van der Waals surface area contributed by atoms with Crippen LogP contribution in [0, 0.1) is 0 Å². The summed E-state index contributed by atoms with van der Waals surface area (Å²) < 4.78 is 5.35. The Morgan fingerprint density at radius 2 is 2.06 bits per heavy atom. The topological polar surface area (TPSA) is 38.3 Å². The predicted octanol–water partition coefficient (Wildman–Crippen LogP) is 1.98. The zero-order chi connectivity index (χ0) is 11.8. The first-order chi connectivity index (χ1) is 7.72. The molecule has 0 aromatic heterocycles. The van der Waals surface area contributed by atoms with Gasteiger partial charge in [-0.2, -0.15) is 0 Å². The van der Waals surface area contributed by atoms with Gasteiger partial charge in [0.15, 0.2) is 0 Å². The van der Waals surface area contributed by atoms with Crippen molar-refractivity contribution in [1.82, 2.24) is 5.32 Å². The number of hydrogen-bond acceptors (Lipinski definition) is 2. The molecule has 0 heterocycles. The molecular formula is C12H16ClNO2. The molecule has 0 unspecified atom stereocenters. The van der Waals surface area contributed by atoms with Crippen LogP contribution >= 0.6 is 11.6 Å². The van der Waals surface area contributed by atoms with Crippen LogP contribution in [-0.4, -0.2) is 24.9 Å². The van der Waals surface area contributed by atoms with Gasteiger partial charge in [-0.1, -0.05) is 12.1 Å². The Balaban J connectivity index is 2.36. The molecule has 4 heteroatoms. The fourth-order valence-electron chi connectivity index (χ4n) is 1.29. The number of nitrogens with one attached hydrogen (secondary N) is 1. The maximum Gasteiger partial charge on any atom is 0.216 e. The molecule has 1 amide bonds. The van der Waals surface area contributed by atoms with Gasteiger partial charge >= 0.3 is 0 Å². The minimum atomic E-state index is 0.00191. The van der Waals surface area contributed by atoms with E-state index in [1.54, 1.807) is 0 Å². The molecule has 16 heavy (non-hydrogen) atoms. The second kappa shape index (κ2) is 7.12. The molecule has 0 radical (unpaired) electrons. The molecule has 0 saturated heterocycles. The Kier molecular flexibility index (Phi) is 5.72. The minimum absolute atomic E-state index is 0.00191. The Morgan fingerprint density at radius 3 is 2.62 bits per heavy atom. The average Bonchev–Trinajstić information content (AvgIpc) is 2.27. The van der Waals surface area contributed by atoms with Gasteiger partial charge in [0.25, 0.3) is 0 Å². The van der Waals surface area contributed by atoms with Crippen LogP contribution in [0.1, 0.15) is 12.5 Å². The highest BCUT2D eigenvalue weighted by molar-refractivity contribution is 6.17. The fourth-order valence-corrected chi connectivity index (χ4v) is 1.37. The van der Waals surface area contributed by atoms with Crippen molar-refractivity contribution in [2.75, 3.05) is 19.0 Å². The van der Waals surface area contributed by atoms with Crippen LogP contribution in [0.25, 0.3) is 0 Å². The third kappa shape index (κ3) is 5.03. The second-order valence-electron chi connectivity index (χ2n) is 3.41. The molecule has 1 rings (SSSR count). The molecular weight excluding hydrogens is 226 g/mol. The molecule has 0 bridgehead atoms. The number of alkyl halides is 1. The Morgan fingerprint density at radius 1 is 1.38 bits per heavy atom. The van der Waals surface area contributed by atoms with Crippen molar-refractivity contribution in [2.24, 2.45) is 0 Å². The SMILES string of the molecule is CC(=O)NCCc1ccc(OCCCl)cc1. The number of halogens is 1. The summed E-state index contributed by atoms with van der Waals surface area (Å²) in [6.07, 6.45) is 0.829. The van der Waals surface area contributed by atoms with Gasteiger partial charge in [-0.15, -0.1) is 11.6 Å². The lowest BCUT2D eigenvalue weighted by molar-refractivity contribution is -0.118. The molecule has 0 atom stereocenters. The molecule has 3 nitrogen and oxygen atoms in total. The summed E-state index contributed by atoms with van der Waals surface area (Å²) in [5.41, 5.74) is 1.17. The first kappa shape index (κ1) is 12.8. The monoisotopic (exact) mass is 241 g/mol. The van der Waals surface area contributed by atoms with Gasteiger partial charge in [0, 0.05) is 13.5 Å².